The number of carbonyl (C=O) groups is 6. The number of nitrogens with zero attached hydrogens (tertiary/aromatic N) is 4. The van der Waals surface area contributed by atoms with Crippen LogP contribution in [0.1, 0.15) is 47.2 Å². The van der Waals surface area contributed by atoms with Crippen LogP contribution in [0.3, 0.4) is 0 Å². The third kappa shape index (κ3) is 11.1. The lowest BCUT2D eigenvalue weighted by atomic mass is 10.00. The molecule has 0 aliphatic carbocycles. The van der Waals surface area contributed by atoms with Crippen LogP contribution in [0.5, 0.6) is 0 Å². The molecule has 0 radical (unpaired) electrons. The fourth-order valence-electron chi connectivity index (χ4n) is 9.81. The Labute approximate surface area is 405 Å². The summed E-state index contributed by atoms with van der Waals surface area (Å²) in [6.45, 7) is 0.0563. The SMILES string of the molecule is Cn1cnc(C[C@@H]2NC(=O)[C@H](Cc3c[nH]c4ccccc34)NC(=O)[C@@H](Cc3ccccc3)NC(=O)[C@H](Cc3c[nH]c4ccccc34)NC(=O)CN(CCCc3ccccc3)C(=O)[C@H]3CCCN3C2=O)c1. The normalized spacial score (nSPS) is 21.0. The molecule has 9 rings (SSSR count). The van der Waals surface area contributed by atoms with E-state index in [1.54, 1.807) is 36.5 Å². The van der Waals surface area contributed by atoms with Crippen LogP contribution in [0.15, 0.2) is 134 Å². The summed E-state index contributed by atoms with van der Waals surface area (Å²) in [7, 11) is 1.81. The first-order valence-corrected chi connectivity index (χ1v) is 24.0. The zero-order chi connectivity index (χ0) is 48.6. The Bertz CT molecular complexity index is 2980. The molecule has 2 aliphatic rings. The van der Waals surface area contributed by atoms with Gasteiger partial charge < -0.3 is 45.6 Å². The van der Waals surface area contributed by atoms with Gasteiger partial charge in [0.2, 0.25) is 35.4 Å². The summed E-state index contributed by atoms with van der Waals surface area (Å²) < 4.78 is 1.75. The van der Waals surface area contributed by atoms with Crippen molar-refractivity contribution in [3.05, 3.63) is 162 Å². The predicted molar refractivity (Wildman–Crippen MR) is 265 cm³/mol. The average Bonchev–Trinajstić information content (AvgIpc) is 4.20. The smallest absolute Gasteiger partial charge is 0.246 e. The molecule has 2 aliphatic heterocycles. The summed E-state index contributed by atoms with van der Waals surface area (Å²) >= 11 is 0. The van der Waals surface area contributed by atoms with Gasteiger partial charge in [0.1, 0.15) is 30.2 Å². The fraction of sp³-hybridized carbons (Fsp3) is 0.315. The third-order valence-corrected chi connectivity index (χ3v) is 13.4. The Hall–Kier alpha value is -8.01. The number of benzene rings is 4. The number of imidazole rings is 1. The number of hydrogen-bond acceptors (Lipinski definition) is 7. The molecule has 5 atom stereocenters. The number of rotatable bonds is 12. The average molecular weight is 943 g/mol. The van der Waals surface area contributed by atoms with Crippen molar-refractivity contribution in [2.24, 2.45) is 7.05 Å². The maximum atomic E-state index is 15.0. The molecule has 4 aromatic carbocycles. The van der Waals surface area contributed by atoms with E-state index in [-0.39, 0.29) is 45.3 Å². The van der Waals surface area contributed by atoms with Crippen LogP contribution < -0.4 is 21.3 Å². The Kier molecular flexibility index (Phi) is 14.5. The lowest BCUT2D eigenvalue weighted by Gasteiger charge is -2.33. The molecular weight excluding hydrogens is 885 g/mol. The van der Waals surface area contributed by atoms with Gasteiger partial charge in [0.05, 0.1) is 18.6 Å². The number of amides is 6. The number of para-hydroxylation sites is 2. The summed E-state index contributed by atoms with van der Waals surface area (Å²) in [5, 5.41) is 13.6. The van der Waals surface area contributed by atoms with Gasteiger partial charge in [-0.25, -0.2) is 4.98 Å². The lowest BCUT2D eigenvalue weighted by molar-refractivity contribution is -0.147. The van der Waals surface area contributed by atoms with E-state index in [0.717, 1.165) is 44.1 Å². The summed E-state index contributed by atoms with van der Waals surface area (Å²) in [6, 6.07) is 28.5. The van der Waals surface area contributed by atoms with Crippen LogP contribution in [0.2, 0.25) is 0 Å². The van der Waals surface area contributed by atoms with Crippen molar-refractivity contribution in [2.45, 2.75) is 81.6 Å². The summed E-state index contributed by atoms with van der Waals surface area (Å²) in [5.74, 6) is -3.35. The molecule has 0 saturated carbocycles. The quantitative estimate of drug-likeness (QED) is 0.106. The highest BCUT2D eigenvalue weighted by atomic mass is 16.2. The largest absolute Gasteiger partial charge is 0.361 e. The Balaban J connectivity index is 1.11. The number of H-pyrrole nitrogens is 2. The Morgan fingerprint density at radius 1 is 0.586 bits per heavy atom. The molecule has 16 heteroatoms. The van der Waals surface area contributed by atoms with E-state index in [0.29, 0.717) is 31.4 Å². The summed E-state index contributed by atoms with van der Waals surface area (Å²) in [5.41, 5.74) is 5.53. The van der Waals surface area contributed by atoms with Gasteiger partial charge in [-0.05, 0) is 60.1 Å². The zero-order valence-electron chi connectivity index (χ0n) is 39.1. The van der Waals surface area contributed by atoms with Gasteiger partial charge in [0.15, 0.2) is 0 Å². The minimum atomic E-state index is -1.24. The van der Waals surface area contributed by atoms with Crippen LogP contribution in [0, 0.1) is 0 Å². The van der Waals surface area contributed by atoms with E-state index >= 15 is 4.79 Å². The second-order valence-corrected chi connectivity index (χ2v) is 18.4. The molecule has 6 amide bonds. The molecule has 0 bridgehead atoms. The highest BCUT2D eigenvalue weighted by Gasteiger charge is 2.41. The van der Waals surface area contributed by atoms with Crippen molar-refractivity contribution in [1.82, 2.24) is 50.6 Å². The van der Waals surface area contributed by atoms with Crippen LogP contribution in [-0.2, 0) is 67.9 Å². The maximum Gasteiger partial charge on any atom is 0.246 e. The fourth-order valence-corrected chi connectivity index (χ4v) is 9.81. The number of carbonyl (C=O) groups excluding carboxylic acids is 6. The molecule has 2 fully saturated rings. The number of aromatic nitrogens is 4. The van der Waals surface area contributed by atoms with E-state index < -0.39 is 65.7 Å². The molecule has 6 N–H and O–H groups in total. The molecule has 70 heavy (non-hydrogen) atoms. The molecular formula is C54H58N10O6. The number of aryl methyl sites for hydroxylation is 2. The maximum absolute atomic E-state index is 15.0. The lowest BCUT2D eigenvalue weighted by Crippen LogP contribution is -2.61. The van der Waals surface area contributed by atoms with Gasteiger partial charge in [-0.15, -0.1) is 0 Å². The first-order chi connectivity index (χ1) is 34.1. The highest BCUT2D eigenvalue weighted by molar-refractivity contribution is 5.99. The van der Waals surface area contributed by atoms with Gasteiger partial charge in [-0.2, -0.15) is 0 Å². The van der Waals surface area contributed by atoms with Crippen molar-refractivity contribution >= 4 is 57.2 Å². The minimum absolute atomic E-state index is 0.00424. The van der Waals surface area contributed by atoms with E-state index in [1.165, 1.54) is 9.80 Å². The van der Waals surface area contributed by atoms with Crippen molar-refractivity contribution in [3.8, 4) is 0 Å². The number of fused-ring (bicyclic) bond motifs is 3. The van der Waals surface area contributed by atoms with Crippen LogP contribution in [0.25, 0.3) is 21.8 Å². The monoisotopic (exact) mass is 942 g/mol. The topological polar surface area (TPSA) is 206 Å². The van der Waals surface area contributed by atoms with Crippen LogP contribution >= 0.6 is 0 Å². The van der Waals surface area contributed by atoms with Gasteiger partial charge >= 0.3 is 0 Å². The van der Waals surface area contributed by atoms with E-state index in [4.69, 9.17) is 0 Å². The number of aromatic amines is 2. The molecule has 0 unspecified atom stereocenters. The molecule has 16 nitrogen and oxygen atoms in total. The van der Waals surface area contributed by atoms with Crippen LogP contribution in [-0.4, -0.2) is 115 Å². The van der Waals surface area contributed by atoms with Crippen molar-refractivity contribution < 1.29 is 28.8 Å². The Morgan fingerprint density at radius 2 is 1.13 bits per heavy atom. The van der Waals surface area contributed by atoms with Gasteiger partial charge in [-0.1, -0.05) is 97.1 Å². The Morgan fingerprint density at radius 3 is 1.73 bits per heavy atom. The van der Waals surface area contributed by atoms with E-state index in [9.17, 15) is 24.0 Å². The molecule has 7 aromatic rings. The first-order valence-electron chi connectivity index (χ1n) is 24.0. The predicted octanol–water partition coefficient (Wildman–Crippen LogP) is 4.06. The molecule has 0 spiro atoms. The highest BCUT2D eigenvalue weighted by Crippen LogP contribution is 2.24. The molecule has 360 valence electrons. The van der Waals surface area contributed by atoms with Gasteiger partial charge in [0.25, 0.3) is 0 Å². The molecule has 3 aromatic heterocycles. The van der Waals surface area contributed by atoms with E-state index in [2.05, 4.69) is 36.2 Å². The standard InChI is InChI=1S/C54H58N10O6/c1-62-32-39(57-34-62)29-47-53(69)64-25-13-23-48(64)54(70)63(24-12-18-35-14-4-2-5-15-35)33-49(65)58-45(27-37-30-55-42-21-10-8-19-40(37)42)51(67)59-44(26-36-16-6-3-7-17-36)50(66)60-46(52(68)61-47)28-38-31-56-43-22-11-9-20-41(38)43/h2-11,14-17,19-22,30-32,34,44-48,55-56H,12-13,18,23-29,33H2,1H3,(H,58,65)(H,59,67)(H,60,66)(H,61,68)/t44-,45+,46+,47+,48-/m1/s1. The minimum Gasteiger partial charge on any atom is -0.361 e. The van der Waals surface area contributed by atoms with Crippen molar-refractivity contribution in [2.75, 3.05) is 19.6 Å². The summed E-state index contributed by atoms with van der Waals surface area (Å²) in [4.78, 5) is 103. The number of nitrogens with one attached hydrogen (secondary N) is 6. The summed E-state index contributed by atoms with van der Waals surface area (Å²) in [6.07, 6.45) is 9.11. The van der Waals surface area contributed by atoms with Crippen molar-refractivity contribution in [3.63, 3.8) is 0 Å². The first kappa shape index (κ1) is 47.1. The third-order valence-electron chi connectivity index (χ3n) is 13.4. The number of hydrogen-bond donors (Lipinski definition) is 6. The van der Waals surface area contributed by atoms with Gasteiger partial charge in [0, 0.05) is 86.2 Å². The second kappa shape index (κ2) is 21.5. The van der Waals surface area contributed by atoms with E-state index in [1.807, 2.05) is 109 Å². The van der Waals surface area contributed by atoms with Crippen LogP contribution in [0.4, 0.5) is 0 Å². The molecule has 2 saturated heterocycles. The second-order valence-electron chi connectivity index (χ2n) is 18.4. The molecule has 5 heterocycles. The van der Waals surface area contributed by atoms with Crippen molar-refractivity contribution in [1.29, 1.82) is 0 Å². The zero-order valence-corrected chi connectivity index (χ0v) is 39.1. The van der Waals surface area contributed by atoms with Gasteiger partial charge in [-0.3, -0.25) is 28.8 Å².